The van der Waals surface area contributed by atoms with Crippen LogP contribution in [0.15, 0.2) is 24.3 Å². The van der Waals surface area contributed by atoms with E-state index in [1.807, 2.05) is 0 Å². The Balaban J connectivity index is 2.15. The molecular formula is C14H19NO4S. The summed E-state index contributed by atoms with van der Waals surface area (Å²) in [6, 6.07) is 6.94. The molecule has 0 saturated heterocycles. The molecule has 1 aliphatic rings. The van der Waals surface area contributed by atoms with Crippen molar-refractivity contribution in [2.45, 2.75) is 32.1 Å². The van der Waals surface area contributed by atoms with Crippen LogP contribution < -0.4 is 4.72 Å². The van der Waals surface area contributed by atoms with Gasteiger partial charge in [0.2, 0.25) is 10.0 Å². The Kier molecular flexibility index (Phi) is 4.04. The molecule has 1 aromatic carbocycles. The van der Waals surface area contributed by atoms with Crippen LogP contribution >= 0.6 is 0 Å². The van der Waals surface area contributed by atoms with Crippen molar-refractivity contribution in [3.63, 3.8) is 0 Å². The maximum Gasteiger partial charge on any atom is 0.316 e. The number of esters is 1. The topological polar surface area (TPSA) is 72.5 Å². The monoisotopic (exact) mass is 297 g/mol. The van der Waals surface area contributed by atoms with Crippen LogP contribution in [0, 0.1) is 0 Å². The standard InChI is InChI=1S/C14H19NO4S/c1-3-19-13(16)14(9-10-14)11-5-7-12(8-6-11)15-20(17,18)4-2/h5-8,15H,3-4,9-10H2,1-2H3. The van der Waals surface area contributed by atoms with Gasteiger partial charge in [0.05, 0.1) is 17.8 Å². The van der Waals surface area contributed by atoms with Crippen molar-refractivity contribution in [3.05, 3.63) is 29.8 Å². The molecule has 0 spiro atoms. The van der Waals surface area contributed by atoms with Crippen molar-refractivity contribution in [1.29, 1.82) is 0 Å². The number of sulfonamides is 1. The van der Waals surface area contributed by atoms with Crippen LogP contribution in [0.2, 0.25) is 0 Å². The van der Waals surface area contributed by atoms with Crippen LogP contribution in [-0.2, 0) is 25.0 Å². The van der Waals surface area contributed by atoms with Crippen LogP contribution in [-0.4, -0.2) is 26.7 Å². The van der Waals surface area contributed by atoms with Crippen molar-refractivity contribution < 1.29 is 17.9 Å². The second kappa shape index (κ2) is 5.44. The first-order chi connectivity index (χ1) is 9.43. The van der Waals surface area contributed by atoms with Gasteiger partial charge in [-0.1, -0.05) is 12.1 Å². The van der Waals surface area contributed by atoms with Gasteiger partial charge >= 0.3 is 5.97 Å². The number of ether oxygens (including phenoxy) is 1. The van der Waals surface area contributed by atoms with E-state index in [1.165, 1.54) is 0 Å². The van der Waals surface area contributed by atoms with Gasteiger partial charge in [-0.3, -0.25) is 9.52 Å². The van der Waals surface area contributed by atoms with E-state index in [9.17, 15) is 13.2 Å². The zero-order chi connectivity index (χ0) is 14.8. The third-order valence-electron chi connectivity index (χ3n) is 3.51. The summed E-state index contributed by atoms with van der Waals surface area (Å²) >= 11 is 0. The maximum absolute atomic E-state index is 12.0. The van der Waals surface area contributed by atoms with E-state index >= 15 is 0 Å². The second-order valence-corrected chi connectivity index (χ2v) is 6.90. The Morgan fingerprint density at radius 3 is 2.30 bits per heavy atom. The lowest BCUT2D eigenvalue weighted by molar-refractivity contribution is -0.146. The molecular weight excluding hydrogens is 278 g/mol. The quantitative estimate of drug-likeness (QED) is 0.816. The largest absolute Gasteiger partial charge is 0.465 e. The Morgan fingerprint density at radius 1 is 1.25 bits per heavy atom. The van der Waals surface area contributed by atoms with Crippen LogP contribution in [0.25, 0.3) is 0 Å². The normalized spacial score (nSPS) is 16.5. The molecule has 1 saturated carbocycles. The highest BCUT2D eigenvalue weighted by Gasteiger charge is 2.52. The summed E-state index contributed by atoms with van der Waals surface area (Å²) in [6.45, 7) is 3.74. The first-order valence-electron chi connectivity index (χ1n) is 6.72. The van der Waals surface area contributed by atoms with Gasteiger partial charge in [0.25, 0.3) is 0 Å². The lowest BCUT2D eigenvalue weighted by atomic mass is 9.96. The fourth-order valence-corrected chi connectivity index (χ4v) is 2.75. The van der Waals surface area contributed by atoms with Crippen LogP contribution in [0.1, 0.15) is 32.3 Å². The van der Waals surface area contributed by atoms with Crippen molar-refractivity contribution in [2.24, 2.45) is 0 Å². The number of anilines is 1. The summed E-state index contributed by atoms with van der Waals surface area (Å²) in [7, 11) is -3.27. The molecule has 20 heavy (non-hydrogen) atoms. The number of hydrogen-bond acceptors (Lipinski definition) is 4. The van der Waals surface area contributed by atoms with E-state index in [-0.39, 0.29) is 11.7 Å². The van der Waals surface area contributed by atoms with Gasteiger partial charge in [-0.25, -0.2) is 8.42 Å². The average Bonchev–Trinajstić information content (AvgIpc) is 3.21. The average molecular weight is 297 g/mol. The molecule has 1 aliphatic carbocycles. The Bertz CT molecular complexity index is 588. The lowest BCUT2D eigenvalue weighted by Gasteiger charge is -2.15. The number of hydrogen-bond donors (Lipinski definition) is 1. The number of carbonyl (C=O) groups is 1. The van der Waals surface area contributed by atoms with Crippen LogP contribution in [0.5, 0.6) is 0 Å². The summed E-state index contributed by atoms with van der Waals surface area (Å²) in [6.07, 6.45) is 1.57. The van der Waals surface area contributed by atoms with Crippen molar-refractivity contribution in [1.82, 2.24) is 0 Å². The molecule has 0 radical (unpaired) electrons. The van der Waals surface area contributed by atoms with Gasteiger partial charge in [0, 0.05) is 5.69 Å². The molecule has 0 atom stereocenters. The maximum atomic E-state index is 12.0. The van der Waals surface area contributed by atoms with Crippen LogP contribution in [0.3, 0.4) is 0 Å². The van der Waals surface area contributed by atoms with Crippen molar-refractivity contribution >= 4 is 21.7 Å². The highest BCUT2D eigenvalue weighted by Crippen LogP contribution is 2.49. The summed E-state index contributed by atoms with van der Waals surface area (Å²) in [5.74, 6) is -0.163. The molecule has 0 amide bonds. The van der Waals surface area contributed by atoms with Gasteiger partial charge < -0.3 is 4.74 Å². The predicted octanol–water partition coefficient (Wildman–Crippen LogP) is 2.04. The van der Waals surface area contributed by atoms with Gasteiger partial charge in [-0.2, -0.15) is 0 Å². The van der Waals surface area contributed by atoms with E-state index in [0.29, 0.717) is 12.3 Å². The molecule has 1 N–H and O–H groups in total. The molecule has 0 aliphatic heterocycles. The Hall–Kier alpha value is -1.56. The van der Waals surface area contributed by atoms with Gasteiger partial charge in [0.1, 0.15) is 0 Å². The van der Waals surface area contributed by atoms with E-state index < -0.39 is 15.4 Å². The highest BCUT2D eigenvalue weighted by atomic mass is 32.2. The molecule has 0 unspecified atom stereocenters. The number of carbonyl (C=O) groups excluding carboxylic acids is 1. The third-order valence-corrected chi connectivity index (χ3v) is 4.81. The first-order valence-corrected chi connectivity index (χ1v) is 8.37. The first kappa shape index (κ1) is 14.8. The number of rotatable bonds is 6. The number of nitrogens with one attached hydrogen (secondary N) is 1. The number of benzene rings is 1. The van der Waals surface area contributed by atoms with Crippen molar-refractivity contribution in [3.8, 4) is 0 Å². The predicted molar refractivity (Wildman–Crippen MR) is 77.1 cm³/mol. The molecule has 0 heterocycles. The molecule has 1 fully saturated rings. The van der Waals surface area contributed by atoms with Crippen molar-refractivity contribution in [2.75, 3.05) is 17.1 Å². The fourth-order valence-electron chi connectivity index (χ4n) is 2.11. The molecule has 0 bridgehead atoms. The SMILES string of the molecule is CCOC(=O)C1(c2ccc(NS(=O)(=O)CC)cc2)CC1. The second-order valence-electron chi connectivity index (χ2n) is 4.89. The molecule has 2 rings (SSSR count). The molecule has 5 nitrogen and oxygen atoms in total. The smallest absolute Gasteiger partial charge is 0.316 e. The summed E-state index contributed by atoms with van der Waals surface area (Å²) in [5, 5.41) is 0. The van der Waals surface area contributed by atoms with E-state index in [4.69, 9.17) is 4.74 Å². The molecule has 110 valence electrons. The minimum atomic E-state index is -3.27. The minimum Gasteiger partial charge on any atom is -0.465 e. The zero-order valence-electron chi connectivity index (χ0n) is 11.7. The van der Waals surface area contributed by atoms with E-state index in [0.717, 1.165) is 18.4 Å². The third kappa shape index (κ3) is 2.95. The van der Waals surface area contributed by atoms with E-state index in [2.05, 4.69) is 4.72 Å². The van der Waals surface area contributed by atoms with Gasteiger partial charge in [-0.05, 0) is 44.4 Å². The van der Waals surface area contributed by atoms with E-state index in [1.54, 1.807) is 38.1 Å². The lowest BCUT2D eigenvalue weighted by Crippen LogP contribution is -2.23. The van der Waals surface area contributed by atoms with Gasteiger partial charge in [-0.15, -0.1) is 0 Å². The molecule has 0 aromatic heterocycles. The Morgan fingerprint density at radius 2 is 1.85 bits per heavy atom. The summed E-state index contributed by atoms with van der Waals surface area (Å²) < 4.78 is 30.5. The Labute approximate surface area is 119 Å². The zero-order valence-corrected chi connectivity index (χ0v) is 12.5. The molecule has 6 heteroatoms. The summed E-state index contributed by atoms with van der Waals surface area (Å²) in [5.41, 5.74) is 0.878. The summed E-state index contributed by atoms with van der Waals surface area (Å²) in [4.78, 5) is 12.0. The van der Waals surface area contributed by atoms with Gasteiger partial charge in [0.15, 0.2) is 0 Å². The fraction of sp³-hybridized carbons (Fsp3) is 0.500. The minimum absolute atomic E-state index is 0.0293. The van der Waals surface area contributed by atoms with Crippen LogP contribution in [0.4, 0.5) is 5.69 Å². The highest BCUT2D eigenvalue weighted by molar-refractivity contribution is 7.92. The molecule has 1 aromatic rings.